The normalized spacial score (nSPS) is 24.6. The molecular formula is C16H23NO2. The van der Waals surface area contributed by atoms with Crippen LogP contribution in [0.1, 0.15) is 38.7 Å². The highest BCUT2D eigenvalue weighted by atomic mass is 16.6. The second-order valence-corrected chi connectivity index (χ2v) is 6.20. The van der Waals surface area contributed by atoms with Crippen molar-refractivity contribution in [3.63, 3.8) is 0 Å². The van der Waals surface area contributed by atoms with E-state index in [4.69, 9.17) is 9.47 Å². The number of nitrogens with one attached hydrogen (secondary N) is 1. The van der Waals surface area contributed by atoms with Crippen LogP contribution in [0.15, 0.2) is 18.2 Å². The molecule has 3 heteroatoms. The van der Waals surface area contributed by atoms with E-state index in [0.29, 0.717) is 6.61 Å². The molecule has 0 aliphatic carbocycles. The summed E-state index contributed by atoms with van der Waals surface area (Å²) in [6, 6.07) is 6.37. The lowest BCUT2D eigenvalue weighted by Gasteiger charge is -2.21. The van der Waals surface area contributed by atoms with Crippen LogP contribution >= 0.6 is 0 Å². The van der Waals surface area contributed by atoms with Crippen LogP contribution in [0.2, 0.25) is 0 Å². The van der Waals surface area contributed by atoms with Crippen LogP contribution in [0.3, 0.4) is 0 Å². The van der Waals surface area contributed by atoms with Crippen LogP contribution in [0.5, 0.6) is 5.75 Å². The first kappa shape index (κ1) is 12.8. The molecule has 104 valence electrons. The van der Waals surface area contributed by atoms with Crippen molar-refractivity contribution in [2.45, 2.75) is 51.2 Å². The molecule has 0 radical (unpaired) electrons. The average Bonchev–Trinajstić information content (AvgIpc) is 2.76. The van der Waals surface area contributed by atoms with Crippen LogP contribution in [0, 0.1) is 0 Å². The quantitative estimate of drug-likeness (QED) is 0.904. The molecule has 1 N–H and O–H groups in total. The van der Waals surface area contributed by atoms with Gasteiger partial charge in [-0.3, -0.25) is 0 Å². The smallest absolute Gasteiger partial charge is 0.121 e. The minimum absolute atomic E-state index is 0.0193. The van der Waals surface area contributed by atoms with Crippen molar-refractivity contribution in [3.05, 3.63) is 23.8 Å². The van der Waals surface area contributed by atoms with E-state index in [9.17, 15) is 0 Å². The van der Waals surface area contributed by atoms with Crippen LogP contribution in [0.4, 0.5) is 5.69 Å². The summed E-state index contributed by atoms with van der Waals surface area (Å²) in [6.45, 7) is 6.02. The van der Waals surface area contributed by atoms with Crippen LogP contribution in [0.25, 0.3) is 0 Å². The second-order valence-electron chi connectivity index (χ2n) is 6.20. The molecule has 1 saturated heterocycles. The van der Waals surface area contributed by atoms with Gasteiger partial charge in [0.05, 0.1) is 11.7 Å². The summed E-state index contributed by atoms with van der Waals surface area (Å²) in [5.41, 5.74) is 2.65. The van der Waals surface area contributed by atoms with E-state index in [2.05, 4.69) is 37.4 Å². The number of hydrogen-bond acceptors (Lipinski definition) is 3. The lowest BCUT2D eigenvalue weighted by atomic mass is 10.0. The fourth-order valence-corrected chi connectivity index (χ4v) is 2.91. The van der Waals surface area contributed by atoms with Crippen molar-refractivity contribution in [2.24, 2.45) is 0 Å². The topological polar surface area (TPSA) is 30.5 Å². The number of benzene rings is 1. The van der Waals surface area contributed by atoms with Gasteiger partial charge in [-0.15, -0.1) is 0 Å². The van der Waals surface area contributed by atoms with E-state index in [1.54, 1.807) is 0 Å². The third kappa shape index (κ3) is 3.03. The number of hydrogen-bond donors (Lipinski definition) is 1. The van der Waals surface area contributed by atoms with E-state index in [1.807, 2.05) is 0 Å². The third-order valence-electron chi connectivity index (χ3n) is 4.01. The molecule has 1 unspecified atom stereocenters. The van der Waals surface area contributed by atoms with E-state index in [-0.39, 0.29) is 11.7 Å². The predicted octanol–water partition coefficient (Wildman–Crippen LogP) is 3.38. The third-order valence-corrected chi connectivity index (χ3v) is 4.01. The summed E-state index contributed by atoms with van der Waals surface area (Å²) < 4.78 is 11.8. The zero-order valence-electron chi connectivity index (χ0n) is 11.9. The fourth-order valence-electron chi connectivity index (χ4n) is 2.91. The highest BCUT2D eigenvalue weighted by molar-refractivity contribution is 5.56. The van der Waals surface area contributed by atoms with E-state index >= 15 is 0 Å². The van der Waals surface area contributed by atoms with Crippen molar-refractivity contribution in [1.29, 1.82) is 0 Å². The first-order valence-corrected chi connectivity index (χ1v) is 7.30. The summed E-state index contributed by atoms with van der Waals surface area (Å²) in [7, 11) is 0. The molecule has 1 atom stereocenters. The molecule has 1 aromatic carbocycles. The Hall–Kier alpha value is -1.22. The zero-order chi connectivity index (χ0) is 13.3. The Morgan fingerprint density at radius 1 is 1.42 bits per heavy atom. The summed E-state index contributed by atoms with van der Waals surface area (Å²) in [6.07, 6.45) is 4.84. The van der Waals surface area contributed by atoms with Gasteiger partial charge in [-0.05, 0) is 51.2 Å². The van der Waals surface area contributed by atoms with Crippen LogP contribution in [-0.2, 0) is 11.2 Å². The van der Waals surface area contributed by atoms with Gasteiger partial charge in [0.25, 0.3) is 0 Å². The lowest BCUT2D eigenvalue weighted by molar-refractivity contribution is -0.0326. The van der Waals surface area contributed by atoms with Gasteiger partial charge in [-0.2, -0.15) is 0 Å². The van der Waals surface area contributed by atoms with Crippen molar-refractivity contribution in [3.8, 4) is 5.75 Å². The standard InChI is InChI=1S/C16H23NO2/c1-16(2)8-7-14(19-16)11-18-13-6-5-12-4-3-9-17-15(12)10-13/h5-6,10,14,17H,3-4,7-9,11H2,1-2H3. The molecule has 0 saturated carbocycles. The van der Waals surface area contributed by atoms with Gasteiger partial charge in [0, 0.05) is 18.3 Å². The molecule has 19 heavy (non-hydrogen) atoms. The van der Waals surface area contributed by atoms with Gasteiger partial charge in [0.2, 0.25) is 0 Å². The first-order chi connectivity index (χ1) is 9.12. The maximum atomic E-state index is 5.94. The van der Waals surface area contributed by atoms with E-state index in [1.165, 1.54) is 24.1 Å². The van der Waals surface area contributed by atoms with Crippen LogP contribution in [-0.4, -0.2) is 24.9 Å². The Bertz CT molecular complexity index is 456. The van der Waals surface area contributed by atoms with E-state index in [0.717, 1.165) is 25.1 Å². The molecule has 0 aromatic heterocycles. The Kier molecular flexibility index (Phi) is 3.40. The minimum atomic E-state index is 0.0193. The lowest BCUT2D eigenvalue weighted by Crippen LogP contribution is -2.24. The van der Waals surface area contributed by atoms with Crippen molar-refractivity contribution in [1.82, 2.24) is 0 Å². The Morgan fingerprint density at radius 3 is 3.11 bits per heavy atom. The molecule has 2 aliphatic heterocycles. The Balaban J connectivity index is 1.58. The van der Waals surface area contributed by atoms with Crippen molar-refractivity contribution >= 4 is 5.69 Å². The number of ether oxygens (including phenoxy) is 2. The molecule has 2 heterocycles. The van der Waals surface area contributed by atoms with Gasteiger partial charge in [-0.25, -0.2) is 0 Å². The maximum Gasteiger partial charge on any atom is 0.121 e. The number of aryl methyl sites for hydroxylation is 1. The minimum Gasteiger partial charge on any atom is -0.491 e. The van der Waals surface area contributed by atoms with Crippen LogP contribution < -0.4 is 10.1 Å². The Morgan fingerprint density at radius 2 is 2.32 bits per heavy atom. The fraction of sp³-hybridized carbons (Fsp3) is 0.625. The first-order valence-electron chi connectivity index (χ1n) is 7.30. The molecule has 0 bridgehead atoms. The van der Waals surface area contributed by atoms with Crippen molar-refractivity contribution in [2.75, 3.05) is 18.5 Å². The molecule has 2 aliphatic rings. The number of rotatable bonds is 3. The molecule has 3 nitrogen and oxygen atoms in total. The molecular weight excluding hydrogens is 238 g/mol. The zero-order valence-corrected chi connectivity index (χ0v) is 11.9. The van der Waals surface area contributed by atoms with Gasteiger partial charge < -0.3 is 14.8 Å². The van der Waals surface area contributed by atoms with Gasteiger partial charge in [0.15, 0.2) is 0 Å². The summed E-state index contributed by atoms with van der Waals surface area (Å²) in [4.78, 5) is 0. The predicted molar refractivity (Wildman–Crippen MR) is 76.9 cm³/mol. The van der Waals surface area contributed by atoms with Gasteiger partial charge >= 0.3 is 0 Å². The number of anilines is 1. The monoisotopic (exact) mass is 261 g/mol. The number of fused-ring (bicyclic) bond motifs is 1. The van der Waals surface area contributed by atoms with Gasteiger partial charge in [0.1, 0.15) is 12.4 Å². The SMILES string of the molecule is CC1(C)CCC(COc2ccc3c(c2)NCCC3)O1. The molecule has 3 rings (SSSR count). The summed E-state index contributed by atoms with van der Waals surface area (Å²) in [5, 5.41) is 3.43. The molecule has 0 amide bonds. The average molecular weight is 261 g/mol. The summed E-state index contributed by atoms with van der Waals surface area (Å²) in [5.74, 6) is 0.946. The highest BCUT2D eigenvalue weighted by Crippen LogP contribution is 2.31. The maximum absolute atomic E-state index is 5.94. The highest BCUT2D eigenvalue weighted by Gasteiger charge is 2.31. The van der Waals surface area contributed by atoms with Crippen molar-refractivity contribution < 1.29 is 9.47 Å². The van der Waals surface area contributed by atoms with Gasteiger partial charge in [-0.1, -0.05) is 6.07 Å². The molecule has 0 spiro atoms. The van der Waals surface area contributed by atoms with E-state index < -0.39 is 0 Å². The molecule has 1 aromatic rings. The molecule has 1 fully saturated rings. The Labute approximate surface area is 115 Å². The largest absolute Gasteiger partial charge is 0.491 e. The summed E-state index contributed by atoms with van der Waals surface area (Å²) >= 11 is 0. The second kappa shape index (κ2) is 5.04.